The molecule has 6 nitrogen and oxygen atoms in total. The van der Waals surface area contributed by atoms with Gasteiger partial charge < -0.3 is 20.7 Å². The van der Waals surface area contributed by atoms with Gasteiger partial charge in [-0.15, -0.1) is 13.2 Å². The summed E-state index contributed by atoms with van der Waals surface area (Å²) in [5.74, 6) is -1.59. The van der Waals surface area contributed by atoms with Crippen LogP contribution in [0.3, 0.4) is 0 Å². The van der Waals surface area contributed by atoms with Crippen molar-refractivity contribution in [2.24, 2.45) is 10.8 Å². The van der Waals surface area contributed by atoms with E-state index in [-0.39, 0.29) is 34.7 Å². The Hall–Kier alpha value is -2.99. The molecule has 32 heavy (non-hydrogen) atoms. The molecule has 2 aromatic carbocycles. The van der Waals surface area contributed by atoms with E-state index >= 15 is 0 Å². The van der Waals surface area contributed by atoms with Gasteiger partial charge in [0, 0.05) is 42.9 Å². The first kappa shape index (κ1) is 23.7. The highest BCUT2D eigenvalue weighted by Gasteiger charge is 2.32. The van der Waals surface area contributed by atoms with Crippen molar-refractivity contribution in [1.82, 2.24) is 10.7 Å². The molecule has 1 aliphatic rings. The number of hydrogen-bond donors (Lipinski definition) is 3. The Morgan fingerprint density at radius 2 is 2.00 bits per heavy atom. The Balaban J connectivity index is 1.62. The van der Waals surface area contributed by atoms with Crippen LogP contribution in [0.2, 0.25) is 0 Å². The van der Waals surface area contributed by atoms with Crippen LogP contribution in [0.1, 0.15) is 17.5 Å². The molecule has 1 fully saturated rings. The van der Waals surface area contributed by atoms with Crippen LogP contribution in [0.4, 0.5) is 27.6 Å². The number of nitrogens with one attached hydrogen (secondary N) is 2. The molecular formula is C20H20F5N5OS. The van der Waals surface area contributed by atoms with Gasteiger partial charge in [-0.2, -0.15) is 5.10 Å². The van der Waals surface area contributed by atoms with Crippen molar-refractivity contribution >= 4 is 29.2 Å². The molecule has 12 heteroatoms. The van der Waals surface area contributed by atoms with E-state index in [0.29, 0.717) is 25.1 Å². The highest BCUT2D eigenvalue weighted by molar-refractivity contribution is 7.80. The summed E-state index contributed by atoms with van der Waals surface area (Å²) in [6.07, 6.45) is -3.12. The molecule has 0 aliphatic carbocycles. The lowest BCUT2D eigenvalue weighted by atomic mass is 10.1. The Kier molecular flexibility index (Phi) is 7.46. The van der Waals surface area contributed by atoms with E-state index < -0.39 is 18.0 Å². The Bertz CT molecular complexity index is 1000. The van der Waals surface area contributed by atoms with E-state index in [1.807, 2.05) is 0 Å². The number of thiocarbonyl (C=S) groups is 1. The zero-order chi connectivity index (χ0) is 23.3. The minimum absolute atomic E-state index is 0.0786. The second-order valence-electron chi connectivity index (χ2n) is 7.03. The van der Waals surface area contributed by atoms with Crippen LogP contribution in [0.5, 0.6) is 5.75 Å². The first-order valence-corrected chi connectivity index (χ1v) is 9.93. The smallest absolute Gasteiger partial charge is 0.405 e. The Morgan fingerprint density at radius 1 is 1.25 bits per heavy atom. The lowest BCUT2D eigenvalue weighted by molar-refractivity contribution is -0.274. The number of nitrogens with two attached hydrogens (primary N) is 1. The molecule has 1 atom stereocenters. The lowest BCUT2D eigenvalue weighted by Gasteiger charge is -2.21. The van der Waals surface area contributed by atoms with Gasteiger partial charge in [-0.3, -0.25) is 5.43 Å². The molecule has 0 spiro atoms. The van der Waals surface area contributed by atoms with Crippen LogP contribution >= 0.6 is 12.2 Å². The fourth-order valence-corrected chi connectivity index (χ4v) is 3.39. The first-order valence-electron chi connectivity index (χ1n) is 9.52. The van der Waals surface area contributed by atoms with Crippen LogP contribution in [0, 0.1) is 11.6 Å². The van der Waals surface area contributed by atoms with Crippen LogP contribution in [0.25, 0.3) is 0 Å². The quantitative estimate of drug-likeness (QED) is 0.248. The number of para-hydroxylation sites is 1. The average Bonchev–Trinajstić information content (AvgIpc) is 3.17. The Labute approximate surface area is 186 Å². The van der Waals surface area contributed by atoms with Crippen LogP contribution in [-0.4, -0.2) is 36.8 Å². The average molecular weight is 473 g/mol. The predicted molar refractivity (Wildman–Crippen MR) is 114 cm³/mol. The van der Waals surface area contributed by atoms with E-state index in [4.69, 9.17) is 5.73 Å². The van der Waals surface area contributed by atoms with Crippen LogP contribution < -0.4 is 26.1 Å². The van der Waals surface area contributed by atoms with E-state index in [9.17, 15) is 22.0 Å². The van der Waals surface area contributed by atoms with Gasteiger partial charge in [0.05, 0.1) is 11.9 Å². The van der Waals surface area contributed by atoms with Gasteiger partial charge in [0.2, 0.25) is 0 Å². The summed E-state index contributed by atoms with van der Waals surface area (Å²) in [7, 11) is 0. The molecule has 172 valence electrons. The number of anilines is 1. The van der Waals surface area contributed by atoms with E-state index in [2.05, 4.69) is 32.8 Å². The monoisotopic (exact) mass is 473 g/mol. The van der Waals surface area contributed by atoms with E-state index in [1.54, 1.807) is 11.0 Å². The molecular weight excluding hydrogens is 453 g/mol. The van der Waals surface area contributed by atoms with Gasteiger partial charge in [0.15, 0.2) is 5.11 Å². The number of nitrogens with zero attached hydrogens (tertiary/aromatic N) is 2. The van der Waals surface area contributed by atoms with Gasteiger partial charge in [-0.05, 0) is 30.8 Å². The highest BCUT2D eigenvalue weighted by atomic mass is 32.1. The van der Waals surface area contributed by atoms with Crippen molar-refractivity contribution in [3.8, 4) is 5.75 Å². The first-order chi connectivity index (χ1) is 15.1. The molecule has 0 bridgehead atoms. The van der Waals surface area contributed by atoms with Crippen molar-refractivity contribution in [3.63, 3.8) is 0 Å². The maximum atomic E-state index is 14.6. The van der Waals surface area contributed by atoms with Crippen molar-refractivity contribution in [2.75, 3.05) is 18.0 Å². The highest BCUT2D eigenvalue weighted by Crippen LogP contribution is 2.28. The van der Waals surface area contributed by atoms with Gasteiger partial charge in [-0.1, -0.05) is 18.2 Å². The number of benzene rings is 2. The molecule has 0 aromatic heterocycles. The molecule has 2 aromatic rings. The second-order valence-corrected chi connectivity index (χ2v) is 7.47. The molecule has 0 saturated carbocycles. The third kappa shape index (κ3) is 6.50. The maximum absolute atomic E-state index is 14.6. The number of alkyl halides is 3. The summed E-state index contributed by atoms with van der Waals surface area (Å²) in [6, 6.07) is 7.79. The normalized spacial score (nSPS) is 16.5. The zero-order valence-corrected chi connectivity index (χ0v) is 17.4. The summed E-state index contributed by atoms with van der Waals surface area (Å²) in [5, 5.41) is 6.65. The summed E-state index contributed by atoms with van der Waals surface area (Å²) in [4.78, 5) is 1.67. The van der Waals surface area contributed by atoms with Gasteiger partial charge in [-0.25, -0.2) is 8.78 Å². The largest absolute Gasteiger partial charge is 0.573 e. The third-order valence-electron chi connectivity index (χ3n) is 4.75. The number of hydrazone groups is 1. The molecule has 3 rings (SSSR count). The predicted octanol–water partition coefficient (Wildman–Crippen LogP) is 3.40. The van der Waals surface area contributed by atoms with Crippen molar-refractivity contribution in [3.05, 3.63) is 59.2 Å². The van der Waals surface area contributed by atoms with Gasteiger partial charge in [0.1, 0.15) is 17.4 Å². The van der Waals surface area contributed by atoms with Crippen LogP contribution in [0.15, 0.2) is 41.5 Å². The molecule has 1 aliphatic heterocycles. The zero-order valence-electron chi connectivity index (χ0n) is 16.6. The molecule has 1 saturated heterocycles. The van der Waals surface area contributed by atoms with Crippen molar-refractivity contribution < 1.29 is 26.7 Å². The lowest BCUT2D eigenvalue weighted by Crippen LogP contribution is -2.32. The molecule has 0 amide bonds. The van der Waals surface area contributed by atoms with Crippen molar-refractivity contribution in [2.45, 2.75) is 25.4 Å². The standard InChI is InChI=1S/C20H20F5N5OS/c21-15-8-17(16(22)7-13(15)10-28-29-19(26)32)30-6-5-14(11-30)27-9-12-3-1-2-4-18(12)31-20(23,24)25/h1-4,7-8,10,14,27H,5-6,9,11H2,(H3,26,29,32)/t14-/m0/s1. The molecule has 4 N–H and O–H groups in total. The number of rotatable bonds is 7. The van der Waals surface area contributed by atoms with E-state index in [1.165, 1.54) is 18.2 Å². The minimum Gasteiger partial charge on any atom is -0.405 e. The van der Waals surface area contributed by atoms with E-state index in [0.717, 1.165) is 18.3 Å². The summed E-state index contributed by atoms with van der Waals surface area (Å²) in [6.45, 7) is 0.938. The summed E-state index contributed by atoms with van der Waals surface area (Å²) < 4.78 is 70.7. The molecule has 0 radical (unpaired) electrons. The SMILES string of the molecule is NC(=S)NN=Cc1cc(F)c(N2CC[C@H](NCc3ccccc3OC(F)(F)F)C2)cc1F. The van der Waals surface area contributed by atoms with Crippen molar-refractivity contribution in [1.29, 1.82) is 0 Å². The fourth-order valence-electron chi connectivity index (χ4n) is 3.33. The van der Waals surface area contributed by atoms with Crippen LogP contribution in [-0.2, 0) is 6.54 Å². The number of halogens is 5. The fraction of sp³-hybridized carbons (Fsp3) is 0.300. The molecule has 1 heterocycles. The van der Waals surface area contributed by atoms with Gasteiger partial charge >= 0.3 is 6.36 Å². The summed E-state index contributed by atoms with van der Waals surface area (Å²) >= 11 is 4.57. The second kappa shape index (κ2) is 10.1. The topological polar surface area (TPSA) is 74.9 Å². The summed E-state index contributed by atoms with van der Waals surface area (Å²) in [5.41, 5.74) is 7.82. The maximum Gasteiger partial charge on any atom is 0.573 e. The molecule has 0 unspecified atom stereocenters. The minimum atomic E-state index is -4.79. The van der Waals surface area contributed by atoms with Gasteiger partial charge in [0.25, 0.3) is 0 Å². The number of hydrogen-bond acceptors (Lipinski definition) is 5. The Morgan fingerprint density at radius 3 is 2.72 bits per heavy atom. The third-order valence-corrected chi connectivity index (χ3v) is 4.84. The number of ether oxygens (including phenoxy) is 1.